The Bertz CT molecular complexity index is 495. The van der Waals surface area contributed by atoms with E-state index in [1.54, 1.807) is 0 Å². The van der Waals surface area contributed by atoms with Crippen LogP contribution in [0.2, 0.25) is 0 Å². The molecule has 1 aromatic rings. The minimum absolute atomic E-state index is 0.0305. The van der Waals surface area contributed by atoms with Crippen molar-refractivity contribution in [1.82, 2.24) is 4.98 Å². The van der Waals surface area contributed by atoms with Gasteiger partial charge in [-0.2, -0.15) is 13.2 Å². The van der Waals surface area contributed by atoms with Crippen molar-refractivity contribution in [3.05, 3.63) is 23.4 Å². The predicted molar refractivity (Wildman–Crippen MR) is 66.4 cm³/mol. The number of nitrogens with one attached hydrogen (secondary N) is 1. The topological polar surface area (TPSA) is 50.9 Å². The summed E-state index contributed by atoms with van der Waals surface area (Å²) in [7, 11) is 0. The van der Waals surface area contributed by atoms with Crippen molar-refractivity contribution in [3.8, 4) is 0 Å². The second-order valence-electron chi connectivity index (χ2n) is 4.64. The van der Waals surface area contributed by atoms with Gasteiger partial charge in [-0.1, -0.05) is 12.2 Å². The summed E-state index contributed by atoms with van der Waals surface area (Å²) in [4.78, 5) is 3.62. The first-order chi connectivity index (χ1) is 8.21. The Morgan fingerprint density at radius 2 is 2.06 bits per heavy atom. The standard InChI is InChI=1S/C11H12F3N3S/c1-10(4-5-10)17-9-6(8(15)18)2-3-7(16-9)11(12,13)14/h2-3H,4-5H2,1H3,(H2,15,18)(H,16,17). The molecule has 7 heteroatoms. The summed E-state index contributed by atoms with van der Waals surface area (Å²) in [6.45, 7) is 1.91. The maximum atomic E-state index is 12.6. The van der Waals surface area contributed by atoms with Gasteiger partial charge >= 0.3 is 6.18 Å². The molecule has 98 valence electrons. The summed E-state index contributed by atoms with van der Waals surface area (Å²) in [5.41, 5.74) is 4.67. The summed E-state index contributed by atoms with van der Waals surface area (Å²) in [6, 6.07) is 2.14. The SMILES string of the molecule is CC1(Nc2nc(C(F)(F)F)ccc2C(N)=S)CC1. The molecule has 0 atom stereocenters. The Hall–Kier alpha value is -1.37. The van der Waals surface area contributed by atoms with Crippen LogP contribution in [0.25, 0.3) is 0 Å². The number of nitrogens with two attached hydrogens (primary N) is 1. The molecule has 1 fully saturated rings. The highest BCUT2D eigenvalue weighted by molar-refractivity contribution is 7.80. The molecule has 0 radical (unpaired) electrons. The lowest BCUT2D eigenvalue weighted by atomic mass is 10.2. The summed E-state index contributed by atoms with van der Waals surface area (Å²) < 4.78 is 37.8. The van der Waals surface area contributed by atoms with Gasteiger partial charge in [-0.15, -0.1) is 0 Å². The van der Waals surface area contributed by atoms with E-state index in [2.05, 4.69) is 10.3 Å². The van der Waals surface area contributed by atoms with E-state index in [1.807, 2.05) is 6.92 Å². The summed E-state index contributed by atoms with van der Waals surface area (Å²) in [6.07, 6.45) is -2.70. The Balaban J connectivity index is 2.41. The number of halogens is 3. The number of hydrogen-bond donors (Lipinski definition) is 2. The number of hydrogen-bond acceptors (Lipinski definition) is 3. The van der Waals surface area contributed by atoms with Gasteiger partial charge in [0, 0.05) is 5.54 Å². The van der Waals surface area contributed by atoms with Gasteiger partial charge in [-0.05, 0) is 31.9 Å². The smallest absolute Gasteiger partial charge is 0.389 e. The summed E-state index contributed by atoms with van der Waals surface area (Å²) >= 11 is 4.81. The van der Waals surface area contributed by atoms with Crippen molar-refractivity contribution < 1.29 is 13.2 Å². The number of aromatic nitrogens is 1. The van der Waals surface area contributed by atoms with Crippen molar-refractivity contribution in [2.75, 3.05) is 5.32 Å². The minimum atomic E-state index is -4.48. The van der Waals surface area contributed by atoms with Crippen molar-refractivity contribution >= 4 is 23.0 Å². The first-order valence-electron chi connectivity index (χ1n) is 5.37. The van der Waals surface area contributed by atoms with E-state index in [1.165, 1.54) is 6.07 Å². The molecule has 2 rings (SSSR count). The molecule has 1 saturated carbocycles. The maximum Gasteiger partial charge on any atom is 0.433 e. The van der Waals surface area contributed by atoms with Crippen LogP contribution >= 0.6 is 12.2 Å². The van der Waals surface area contributed by atoms with E-state index < -0.39 is 11.9 Å². The molecule has 18 heavy (non-hydrogen) atoms. The van der Waals surface area contributed by atoms with Crippen molar-refractivity contribution in [2.45, 2.75) is 31.5 Å². The average molecular weight is 275 g/mol. The molecule has 0 saturated heterocycles. The zero-order chi connectivity index (χ0) is 13.6. The summed E-state index contributed by atoms with van der Waals surface area (Å²) in [5.74, 6) is 0.109. The number of alkyl halides is 3. The molecule has 3 nitrogen and oxygen atoms in total. The fourth-order valence-electron chi connectivity index (χ4n) is 1.51. The second kappa shape index (κ2) is 4.08. The second-order valence-corrected chi connectivity index (χ2v) is 5.08. The van der Waals surface area contributed by atoms with E-state index in [4.69, 9.17) is 18.0 Å². The third-order valence-corrected chi connectivity index (χ3v) is 3.09. The van der Waals surface area contributed by atoms with Crippen molar-refractivity contribution in [3.63, 3.8) is 0 Å². The van der Waals surface area contributed by atoms with Crippen LogP contribution in [0.15, 0.2) is 12.1 Å². The number of rotatable bonds is 3. The molecule has 1 aromatic heterocycles. The van der Waals surface area contributed by atoms with E-state index in [0.29, 0.717) is 5.56 Å². The third kappa shape index (κ3) is 2.72. The molecular weight excluding hydrogens is 263 g/mol. The van der Waals surface area contributed by atoms with Crippen molar-refractivity contribution in [1.29, 1.82) is 0 Å². The van der Waals surface area contributed by atoms with Crippen molar-refractivity contribution in [2.24, 2.45) is 5.73 Å². The van der Waals surface area contributed by atoms with E-state index in [9.17, 15) is 13.2 Å². The fraction of sp³-hybridized carbons (Fsp3) is 0.455. The third-order valence-electron chi connectivity index (χ3n) is 2.87. The first kappa shape index (κ1) is 13.1. The van der Waals surface area contributed by atoms with Crippen LogP contribution in [0.4, 0.5) is 19.0 Å². The fourth-order valence-corrected chi connectivity index (χ4v) is 1.67. The van der Waals surface area contributed by atoms with Crippen LogP contribution in [0.3, 0.4) is 0 Å². The Kier molecular flexibility index (Phi) is 2.96. The molecule has 0 unspecified atom stereocenters. The van der Waals surface area contributed by atoms with Crippen LogP contribution in [-0.2, 0) is 6.18 Å². The number of thiocarbonyl (C=S) groups is 1. The number of pyridine rings is 1. The van der Waals surface area contributed by atoms with Gasteiger partial charge in [0.2, 0.25) is 0 Å². The lowest BCUT2D eigenvalue weighted by Crippen LogP contribution is -2.23. The number of anilines is 1. The first-order valence-corrected chi connectivity index (χ1v) is 5.78. The Labute approximate surface area is 108 Å². The largest absolute Gasteiger partial charge is 0.433 e. The molecule has 0 bridgehead atoms. The van der Waals surface area contributed by atoms with Gasteiger partial charge in [-0.25, -0.2) is 4.98 Å². The van der Waals surface area contributed by atoms with E-state index in [-0.39, 0.29) is 16.3 Å². The van der Waals surface area contributed by atoms with Crippen LogP contribution in [0.1, 0.15) is 31.0 Å². The van der Waals surface area contributed by atoms with Crippen LogP contribution in [0.5, 0.6) is 0 Å². The Morgan fingerprint density at radius 1 is 1.44 bits per heavy atom. The van der Waals surface area contributed by atoms with Gasteiger partial charge < -0.3 is 11.1 Å². The molecule has 0 amide bonds. The Morgan fingerprint density at radius 3 is 2.50 bits per heavy atom. The lowest BCUT2D eigenvalue weighted by Gasteiger charge is -2.17. The molecule has 0 aliphatic heterocycles. The van der Waals surface area contributed by atoms with Gasteiger partial charge in [0.1, 0.15) is 16.5 Å². The molecule has 3 N–H and O–H groups in total. The van der Waals surface area contributed by atoms with Gasteiger partial charge in [-0.3, -0.25) is 0 Å². The number of nitrogens with zero attached hydrogens (tertiary/aromatic N) is 1. The maximum absolute atomic E-state index is 12.6. The average Bonchev–Trinajstić information content (AvgIpc) is 2.94. The monoisotopic (exact) mass is 275 g/mol. The highest BCUT2D eigenvalue weighted by atomic mass is 32.1. The lowest BCUT2D eigenvalue weighted by molar-refractivity contribution is -0.141. The van der Waals surface area contributed by atoms with Gasteiger partial charge in [0.25, 0.3) is 0 Å². The zero-order valence-electron chi connectivity index (χ0n) is 9.64. The van der Waals surface area contributed by atoms with Gasteiger partial charge in [0.15, 0.2) is 0 Å². The molecule has 1 aliphatic rings. The molecule has 0 aromatic carbocycles. The zero-order valence-corrected chi connectivity index (χ0v) is 10.5. The molecular formula is C11H12F3N3S. The highest BCUT2D eigenvalue weighted by Gasteiger charge is 2.39. The summed E-state index contributed by atoms with van der Waals surface area (Å²) in [5, 5.41) is 2.98. The predicted octanol–water partition coefficient (Wildman–Crippen LogP) is 2.70. The molecule has 0 spiro atoms. The molecule has 1 aliphatic carbocycles. The highest BCUT2D eigenvalue weighted by Crippen LogP contribution is 2.39. The normalized spacial score (nSPS) is 17.3. The van der Waals surface area contributed by atoms with Crippen LogP contribution < -0.4 is 11.1 Å². The molecule has 1 heterocycles. The van der Waals surface area contributed by atoms with Gasteiger partial charge in [0.05, 0.1) is 5.56 Å². The quantitative estimate of drug-likeness (QED) is 0.833. The minimum Gasteiger partial charge on any atom is -0.389 e. The van der Waals surface area contributed by atoms with E-state index in [0.717, 1.165) is 18.9 Å². The van der Waals surface area contributed by atoms with E-state index >= 15 is 0 Å². The van der Waals surface area contributed by atoms with Crippen LogP contribution in [0, 0.1) is 0 Å². The van der Waals surface area contributed by atoms with Crippen LogP contribution in [-0.4, -0.2) is 15.5 Å².